The lowest BCUT2D eigenvalue weighted by Gasteiger charge is -2.32. The second kappa shape index (κ2) is 6.60. The van der Waals surface area contributed by atoms with Crippen molar-refractivity contribution in [2.24, 2.45) is 5.92 Å². The summed E-state index contributed by atoms with van der Waals surface area (Å²) < 4.78 is 0. The molecule has 0 amide bonds. The van der Waals surface area contributed by atoms with Gasteiger partial charge in [0.1, 0.15) is 0 Å². The normalized spacial score (nSPS) is 20.8. The Hall–Kier alpha value is -0.510. The molecule has 1 heterocycles. The van der Waals surface area contributed by atoms with Gasteiger partial charge in [-0.3, -0.25) is 0 Å². The van der Waals surface area contributed by atoms with Crippen LogP contribution in [-0.4, -0.2) is 23.5 Å². The van der Waals surface area contributed by atoms with Crippen molar-refractivity contribution in [2.75, 3.05) is 12.4 Å². The van der Waals surface area contributed by atoms with E-state index in [-0.39, 0.29) is 6.61 Å². The van der Waals surface area contributed by atoms with E-state index >= 15 is 0 Å². The minimum absolute atomic E-state index is 0.263. The number of aliphatic hydroxyl groups excluding tert-OH is 1. The number of benzene rings is 1. The zero-order chi connectivity index (χ0) is 13.0. The Morgan fingerprint density at radius 3 is 2.89 bits per heavy atom. The van der Waals surface area contributed by atoms with Gasteiger partial charge >= 0.3 is 0 Å². The number of aliphatic hydroxyl groups is 1. The van der Waals surface area contributed by atoms with E-state index in [1.165, 1.54) is 22.6 Å². The molecule has 1 aromatic rings. The Labute approximate surface area is 114 Å². The minimum atomic E-state index is 0.263. The highest BCUT2D eigenvalue weighted by Gasteiger charge is 2.23. The predicted molar refractivity (Wildman–Crippen MR) is 78.0 cm³/mol. The summed E-state index contributed by atoms with van der Waals surface area (Å²) >= 11 is 1.95. The van der Waals surface area contributed by atoms with Crippen LogP contribution in [0.25, 0.3) is 0 Å². The van der Waals surface area contributed by atoms with Crippen LogP contribution in [0.2, 0.25) is 0 Å². The van der Waals surface area contributed by atoms with Crippen LogP contribution in [0.15, 0.2) is 29.2 Å². The molecule has 0 aromatic heterocycles. The van der Waals surface area contributed by atoms with E-state index in [2.05, 4.69) is 43.4 Å². The van der Waals surface area contributed by atoms with Crippen LogP contribution in [0.4, 0.5) is 0 Å². The lowest BCUT2D eigenvalue weighted by molar-refractivity contribution is 0.233. The first-order valence-corrected chi connectivity index (χ1v) is 7.79. The van der Waals surface area contributed by atoms with Crippen molar-refractivity contribution in [1.82, 2.24) is 5.32 Å². The zero-order valence-electron chi connectivity index (χ0n) is 11.2. The van der Waals surface area contributed by atoms with Gasteiger partial charge in [-0.05, 0) is 36.1 Å². The molecule has 0 fully saturated rings. The highest BCUT2D eigenvalue weighted by atomic mass is 32.2. The molecule has 0 spiro atoms. The molecule has 0 radical (unpaired) electrons. The van der Waals surface area contributed by atoms with Crippen molar-refractivity contribution >= 4 is 11.8 Å². The minimum Gasteiger partial charge on any atom is -0.396 e. The largest absolute Gasteiger partial charge is 0.396 e. The third-order valence-corrected chi connectivity index (χ3v) is 4.74. The fraction of sp³-hybridized carbons (Fsp3) is 0.600. The predicted octanol–water partition coefficient (Wildman–Crippen LogP) is 3.22. The summed E-state index contributed by atoms with van der Waals surface area (Å²) in [5.74, 6) is 1.73. The summed E-state index contributed by atoms with van der Waals surface area (Å²) in [4.78, 5) is 1.41. The Kier molecular flexibility index (Phi) is 5.10. The number of hydrogen-bond donors (Lipinski definition) is 2. The van der Waals surface area contributed by atoms with Gasteiger partial charge in [-0.1, -0.05) is 32.0 Å². The molecule has 0 bridgehead atoms. The third-order valence-electron chi connectivity index (χ3n) is 3.62. The number of nitrogens with one attached hydrogen (secondary N) is 1. The van der Waals surface area contributed by atoms with Gasteiger partial charge in [-0.25, -0.2) is 0 Å². The molecule has 2 nitrogen and oxygen atoms in total. The fourth-order valence-electron chi connectivity index (χ4n) is 2.52. The van der Waals surface area contributed by atoms with E-state index in [9.17, 15) is 0 Å². The van der Waals surface area contributed by atoms with E-state index in [0.717, 1.165) is 6.42 Å². The molecule has 2 rings (SSSR count). The van der Waals surface area contributed by atoms with Crippen LogP contribution >= 0.6 is 11.8 Å². The molecular formula is C15H23NOS. The van der Waals surface area contributed by atoms with Crippen molar-refractivity contribution in [3.63, 3.8) is 0 Å². The monoisotopic (exact) mass is 265 g/mol. The second-order valence-electron chi connectivity index (χ2n) is 5.26. The molecule has 0 saturated heterocycles. The van der Waals surface area contributed by atoms with E-state index in [0.29, 0.717) is 18.0 Å². The summed E-state index contributed by atoms with van der Waals surface area (Å²) in [5.41, 5.74) is 1.43. The first kappa shape index (κ1) is 13.9. The summed E-state index contributed by atoms with van der Waals surface area (Å²) in [6, 6.07) is 9.52. The Morgan fingerprint density at radius 2 is 2.17 bits per heavy atom. The zero-order valence-corrected chi connectivity index (χ0v) is 12.0. The summed E-state index contributed by atoms with van der Waals surface area (Å²) in [6.07, 6.45) is 2.01. The van der Waals surface area contributed by atoms with Gasteiger partial charge < -0.3 is 10.4 Å². The molecule has 2 N–H and O–H groups in total. The summed E-state index contributed by atoms with van der Waals surface area (Å²) in [7, 11) is 0. The molecule has 100 valence electrons. The van der Waals surface area contributed by atoms with Gasteiger partial charge in [0.2, 0.25) is 0 Å². The van der Waals surface area contributed by atoms with Crippen LogP contribution in [-0.2, 0) is 0 Å². The van der Waals surface area contributed by atoms with E-state index in [4.69, 9.17) is 5.11 Å². The van der Waals surface area contributed by atoms with Crippen LogP contribution in [0.5, 0.6) is 0 Å². The van der Waals surface area contributed by atoms with E-state index < -0.39 is 0 Å². The Bertz CT molecular complexity index is 381. The SMILES string of the molecule is CC(C)C(CCO)NC1CCSc2ccccc21. The van der Waals surface area contributed by atoms with E-state index in [1.807, 2.05) is 11.8 Å². The lowest BCUT2D eigenvalue weighted by Crippen LogP contribution is -2.38. The first-order valence-electron chi connectivity index (χ1n) is 6.81. The van der Waals surface area contributed by atoms with Gasteiger partial charge in [0.05, 0.1) is 0 Å². The molecule has 1 aliphatic heterocycles. The van der Waals surface area contributed by atoms with Gasteiger partial charge in [0.15, 0.2) is 0 Å². The van der Waals surface area contributed by atoms with Crippen molar-refractivity contribution < 1.29 is 5.11 Å². The molecule has 0 saturated carbocycles. The van der Waals surface area contributed by atoms with Crippen molar-refractivity contribution in [3.05, 3.63) is 29.8 Å². The van der Waals surface area contributed by atoms with Gasteiger partial charge in [0.25, 0.3) is 0 Å². The maximum atomic E-state index is 9.17. The molecule has 18 heavy (non-hydrogen) atoms. The Balaban J connectivity index is 2.10. The topological polar surface area (TPSA) is 32.3 Å². The molecule has 0 aliphatic carbocycles. The van der Waals surface area contributed by atoms with Gasteiger partial charge in [0, 0.05) is 23.6 Å². The van der Waals surface area contributed by atoms with Crippen LogP contribution in [0.3, 0.4) is 0 Å². The fourth-order valence-corrected chi connectivity index (χ4v) is 3.65. The van der Waals surface area contributed by atoms with Crippen LogP contribution in [0.1, 0.15) is 38.3 Å². The third kappa shape index (κ3) is 3.28. The number of hydrogen-bond acceptors (Lipinski definition) is 3. The van der Waals surface area contributed by atoms with Crippen LogP contribution < -0.4 is 5.32 Å². The van der Waals surface area contributed by atoms with Gasteiger partial charge in [-0.15, -0.1) is 11.8 Å². The summed E-state index contributed by atoms with van der Waals surface area (Å²) in [6.45, 7) is 4.70. The highest BCUT2D eigenvalue weighted by Crippen LogP contribution is 2.36. The standard InChI is InChI=1S/C15H23NOS/c1-11(2)13(7-9-17)16-14-8-10-18-15-6-4-3-5-12(14)15/h3-6,11,13-14,16-17H,7-10H2,1-2H3. The molecule has 1 aliphatic rings. The highest BCUT2D eigenvalue weighted by molar-refractivity contribution is 7.99. The Morgan fingerprint density at radius 1 is 1.39 bits per heavy atom. The smallest absolute Gasteiger partial charge is 0.0445 e. The average Bonchev–Trinajstić information content (AvgIpc) is 2.38. The maximum absolute atomic E-state index is 9.17. The van der Waals surface area contributed by atoms with Crippen molar-refractivity contribution in [2.45, 2.75) is 43.7 Å². The second-order valence-corrected chi connectivity index (χ2v) is 6.39. The first-order chi connectivity index (χ1) is 8.72. The average molecular weight is 265 g/mol. The molecule has 2 unspecified atom stereocenters. The quantitative estimate of drug-likeness (QED) is 0.857. The molecular weight excluding hydrogens is 242 g/mol. The number of thioether (sulfide) groups is 1. The lowest BCUT2D eigenvalue weighted by atomic mass is 9.96. The number of rotatable bonds is 5. The molecule has 3 heteroatoms. The van der Waals surface area contributed by atoms with Gasteiger partial charge in [-0.2, -0.15) is 0 Å². The summed E-state index contributed by atoms with van der Waals surface area (Å²) in [5, 5.41) is 12.9. The van der Waals surface area contributed by atoms with E-state index in [1.54, 1.807) is 0 Å². The molecule has 2 atom stereocenters. The van der Waals surface area contributed by atoms with Crippen molar-refractivity contribution in [3.8, 4) is 0 Å². The number of fused-ring (bicyclic) bond motifs is 1. The maximum Gasteiger partial charge on any atom is 0.0445 e. The molecule has 1 aromatic carbocycles. The van der Waals surface area contributed by atoms with Crippen LogP contribution in [0, 0.1) is 5.92 Å². The van der Waals surface area contributed by atoms with Crippen molar-refractivity contribution in [1.29, 1.82) is 0 Å².